The monoisotopic (exact) mass is 493 g/mol. The SMILES string of the molecule is CCc1nc2ccc(-n3nc(C)nc3[C@@H]3O[C@@H]4COC(c5ccccc5)O[C@@H]4[C@H](N)[C@H]3O)cc2s1. The fourth-order valence-electron chi connectivity index (χ4n) is 4.72. The van der Waals surface area contributed by atoms with Gasteiger partial charge in [0.2, 0.25) is 0 Å². The Morgan fingerprint density at radius 2 is 1.97 bits per heavy atom. The zero-order valence-electron chi connectivity index (χ0n) is 19.4. The molecule has 6 rings (SSSR count). The number of aliphatic hydroxyl groups excluding tert-OH is 1. The van der Waals surface area contributed by atoms with Crippen LogP contribution in [0.5, 0.6) is 0 Å². The van der Waals surface area contributed by atoms with Gasteiger partial charge in [-0.15, -0.1) is 11.3 Å². The Labute approximate surface area is 206 Å². The maximum atomic E-state index is 11.2. The number of nitrogens with two attached hydrogens (primary N) is 1. The lowest BCUT2D eigenvalue weighted by atomic mass is 9.92. The van der Waals surface area contributed by atoms with Crippen LogP contribution in [0.3, 0.4) is 0 Å². The third kappa shape index (κ3) is 4.06. The predicted molar refractivity (Wildman–Crippen MR) is 130 cm³/mol. The Morgan fingerprint density at radius 1 is 1.14 bits per heavy atom. The largest absolute Gasteiger partial charge is 0.388 e. The summed E-state index contributed by atoms with van der Waals surface area (Å²) in [7, 11) is 0. The summed E-state index contributed by atoms with van der Waals surface area (Å²) in [5.41, 5.74) is 9.19. The van der Waals surface area contributed by atoms with Gasteiger partial charge in [0.25, 0.3) is 0 Å². The van der Waals surface area contributed by atoms with Gasteiger partial charge in [0, 0.05) is 5.56 Å². The Hall–Kier alpha value is -2.73. The standard InChI is InChI=1S/C25H27N5O4S/c1-3-19-28-16-10-9-15(11-18(16)35-19)30-24(27-13(2)29-30)23-21(31)20(26)22-17(33-23)12-32-25(34-22)14-7-5-4-6-8-14/h4-11,17,20-23,25,31H,3,12,26H2,1-2H3/t17-,20-,21-,22+,23-,25?/m1/s1. The minimum absolute atomic E-state index is 0.293. The van der Waals surface area contributed by atoms with E-state index in [0.717, 1.165) is 32.9 Å². The number of hydrogen-bond donors (Lipinski definition) is 2. The molecular weight excluding hydrogens is 466 g/mol. The molecule has 1 unspecified atom stereocenters. The number of aliphatic hydroxyl groups is 1. The molecule has 0 radical (unpaired) electrons. The van der Waals surface area contributed by atoms with E-state index >= 15 is 0 Å². The van der Waals surface area contributed by atoms with Gasteiger partial charge in [0.05, 0.1) is 33.6 Å². The lowest BCUT2D eigenvalue weighted by Gasteiger charge is -2.46. The van der Waals surface area contributed by atoms with Crippen LogP contribution in [0.15, 0.2) is 48.5 Å². The average molecular weight is 494 g/mol. The smallest absolute Gasteiger partial charge is 0.184 e. The van der Waals surface area contributed by atoms with E-state index in [1.54, 1.807) is 16.0 Å². The number of fused-ring (bicyclic) bond motifs is 2. The molecule has 4 heterocycles. The first kappa shape index (κ1) is 22.7. The van der Waals surface area contributed by atoms with Crippen molar-refractivity contribution in [1.82, 2.24) is 19.7 Å². The minimum Gasteiger partial charge on any atom is -0.388 e. The molecule has 10 heteroatoms. The van der Waals surface area contributed by atoms with Gasteiger partial charge in [0.1, 0.15) is 30.2 Å². The van der Waals surface area contributed by atoms with Crippen LogP contribution in [0, 0.1) is 6.92 Å². The third-order valence-electron chi connectivity index (χ3n) is 6.49. The van der Waals surface area contributed by atoms with Crippen LogP contribution in [0.2, 0.25) is 0 Å². The lowest BCUT2D eigenvalue weighted by Crippen LogP contribution is -2.62. The third-order valence-corrected chi connectivity index (χ3v) is 7.65. The maximum absolute atomic E-state index is 11.2. The Balaban J connectivity index is 1.29. The van der Waals surface area contributed by atoms with Crippen LogP contribution in [-0.2, 0) is 20.6 Å². The van der Waals surface area contributed by atoms with Gasteiger partial charge < -0.3 is 25.1 Å². The zero-order valence-corrected chi connectivity index (χ0v) is 20.3. The normalized spacial score (nSPS) is 28.8. The molecule has 0 aliphatic carbocycles. The number of benzene rings is 2. The molecule has 0 spiro atoms. The number of ether oxygens (including phenoxy) is 3. The molecule has 2 aliphatic rings. The summed E-state index contributed by atoms with van der Waals surface area (Å²) >= 11 is 1.66. The van der Waals surface area contributed by atoms with E-state index in [2.05, 4.69) is 22.0 Å². The molecule has 2 saturated heterocycles. The Morgan fingerprint density at radius 3 is 2.77 bits per heavy atom. The van der Waals surface area contributed by atoms with Gasteiger partial charge in [0.15, 0.2) is 12.1 Å². The Bertz CT molecular complexity index is 1340. The lowest BCUT2D eigenvalue weighted by molar-refractivity contribution is -0.309. The molecular formula is C25H27N5O4S. The number of aryl methyl sites for hydroxylation is 2. The van der Waals surface area contributed by atoms with Crippen LogP contribution in [-0.4, -0.2) is 55.8 Å². The first-order valence-electron chi connectivity index (χ1n) is 11.8. The average Bonchev–Trinajstić information content (AvgIpc) is 3.49. The van der Waals surface area contributed by atoms with Crippen molar-refractivity contribution in [2.24, 2.45) is 5.73 Å². The molecule has 2 aliphatic heterocycles. The first-order valence-corrected chi connectivity index (χ1v) is 12.6. The number of hydrogen-bond acceptors (Lipinski definition) is 9. The van der Waals surface area contributed by atoms with E-state index in [4.69, 9.17) is 19.9 Å². The summed E-state index contributed by atoms with van der Waals surface area (Å²) < 4.78 is 21.2. The predicted octanol–water partition coefficient (Wildman–Crippen LogP) is 2.99. The summed E-state index contributed by atoms with van der Waals surface area (Å²) in [5.74, 6) is 1.07. The molecule has 6 atom stereocenters. The number of aromatic nitrogens is 4. The van der Waals surface area contributed by atoms with Gasteiger partial charge in [-0.05, 0) is 31.5 Å². The van der Waals surface area contributed by atoms with E-state index in [1.165, 1.54) is 0 Å². The van der Waals surface area contributed by atoms with Crippen molar-refractivity contribution in [2.45, 2.75) is 57.0 Å². The van der Waals surface area contributed by atoms with Gasteiger partial charge >= 0.3 is 0 Å². The van der Waals surface area contributed by atoms with E-state index < -0.39 is 36.7 Å². The molecule has 2 aromatic heterocycles. The van der Waals surface area contributed by atoms with Crippen LogP contribution in [0.4, 0.5) is 0 Å². The fourth-order valence-corrected chi connectivity index (χ4v) is 5.66. The highest BCUT2D eigenvalue weighted by Crippen LogP contribution is 2.38. The van der Waals surface area contributed by atoms with Crippen LogP contribution in [0.25, 0.3) is 15.9 Å². The highest BCUT2D eigenvalue weighted by Gasteiger charge is 2.49. The number of thiazole rings is 1. The fraction of sp³-hybridized carbons (Fsp3) is 0.400. The summed E-state index contributed by atoms with van der Waals surface area (Å²) in [6.07, 6.45) is -2.44. The summed E-state index contributed by atoms with van der Waals surface area (Å²) in [4.78, 5) is 9.26. The van der Waals surface area contributed by atoms with Crippen LogP contribution >= 0.6 is 11.3 Å². The van der Waals surface area contributed by atoms with Crippen molar-refractivity contribution >= 4 is 21.6 Å². The number of rotatable bonds is 4. The van der Waals surface area contributed by atoms with E-state index in [-0.39, 0.29) is 0 Å². The molecule has 0 saturated carbocycles. The van der Waals surface area contributed by atoms with Crippen LogP contribution < -0.4 is 5.73 Å². The summed E-state index contributed by atoms with van der Waals surface area (Å²) in [6.45, 7) is 4.20. The van der Waals surface area contributed by atoms with Crippen molar-refractivity contribution in [1.29, 1.82) is 0 Å². The summed E-state index contributed by atoms with van der Waals surface area (Å²) in [6, 6.07) is 15.0. The molecule has 4 aromatic rings. The Kier molecular flexibility index (Phi) is 5.87. The molecule has 35 heavy (non-hydrogen) atoms. The van der Waals surface area contributed by atoms with Gasteiger partial charge in [-0.1, -0.05) is 37.3 Å². The topological polar surface area (TPSA) is 118 Å². The maximum Gasteiger partial charge on any atom is 0.184 e. The second kappa shape index (κ2) is 9.05. The van der Waals surface area contributed by atoms with E-state index in [1.807, 2.05) is 55.5 Å². The molecule has 9 nitrogen and oxygen atoms in total. The van der Waals surface area contributed by atoms with E-state index in [0.29, 0.717) is 18.3 Å². The zero-order chi connectivity index (χ0) is 24.1. The van der Waals surface area contributed by atoms with Crippen molar-refractivity contribution in [3.05, 3.63) is 70.8 Å². The van der Waals surface area contributed by atoms with Crippen LogP contribution in [0.1, 0.15) is 41.5 Å². The van der Waals surface area contributed by atoms with Gasteiger partial charge in [-0.25, -0.2) is 14.6 Å². The second-order valence-corrected chi connectivity index (χ2v) is 10.00. The molecule has 182 valence electrons. The number of nitrogens with zero attached hydrogens (tertiary/aromatic N) is 4. The highest BCUT2D eigenvalue weighted by molar-refractivity contribution is 7.18. The minimum atomic E-state index is -1.04. The van der Waals surface area contributed by atoms with Gasteiger partial charge in [-0.3, -0.25) is 0 Å². The molecule has 0 bridgehead atoms. The van der Waals surface area contributed by atoms with Crippen molar-refractivity contribution in [3.63, 3.8) is 0 Å². The van der Waals surface area contributed by atoms with E-state index in [9.17, 15) is 5.11 Å². The molecule has 3 N–H and O–H groups in total. The molecule has 2 fully saturated rings. The summed E-state index contributed by atoms with van der Waals surface area (Å²) in [5, 5.41) is 16.9. The first-order chi connectivity index (χ1) is 17.0. The molecule has 0 amide bonds. The van der Waals surface area contributed by atoms with Gasteiger partial charge in [-0.2, -0.15) is 5.10 Å². The second-order valence-electron chi connectivity index (χ2n) is 8.88. The quantitative estimate of drug-likeness (QED) is 0.446. The van der Waals surface area contributed by atoms with Crippen molar-refractivity contribution in [3.8, 4) is 5.69 Å². The highest BCUT2D eigenvalue weighted by atomic mass is 32.1. The molecule has 2 aromatic carbocycles. The van der Waals surface area contributed by atoms with Crippen molar-refractivity contribution < 1.29 is 19.3 Å². The van der Waals surface area contributed by atoms with Crippen molar-refractivity contribution in [2.75, 3.05) is 6.61 Å².